The number of thiazole rings is 1. The molecule has 0 aliphatic rings. The maximum atomic E-state index is 14.2. The summed E-state index contributed by atoms with van der Waals surface area (Å²) in [6.07, 6.45) is 3.67. The van der Waals surface area contributed by atoms with Gasteiger partial charge < -0.3 is 21.1 Å². The average molecular weight is 404 g/mol. The Labute approximate surface area is 161 Å². The molecule has 0 aliphatic heterocycles. The molecule has 1 aromatic carbocycles. The summed E-state index contributed by atoms with van der Waals surface area (Å²) in [5.41, 5.74) is 6.16. The van der Waals surface area contributed by atoms with Gasteiger partial charge in [0, 0.05) is 30.7 Å². The number of anilines is 2. The molecular weight excluding hydrogens is 381 g/mol. The van der Waals surface area contributed by atoms with Crippen molar-refractivity contribution in [2.45, 2.75) is 30.7 Å². The van der Waals surface area contributed by atoms with Gasteiger partial charge in [-0.1, -0.05) is 11.6 Å². The minimum atomic E-state index is -0.320. The number of nitrogens with one attached hydrogen (secondary N) is 3. The lowest BCUT2D eigenvalue weighted by Gasteiger charge is -2.12. The Hall–Kier alpha value is -1.06. The highest BCUT2D eigenvalue weighted by Crippen LogP contribution is 2.32. The molecule has 0 amide bonds. The molecule has 5 nitrogen and oxygen atoms in total. The number of rotatable bonds is 11. The maximum absolute atomic E-state index is 14.2. The van der Waals surface area contributed by atoms with Gasteiger partial charge >= 0.3 is 0 Å². The van der Waals surface area contributed by atoms with Crippen molar-refractivity contribution in [3.05, 3.63) is 34.5 Å². The molecule has 1 aromatic heterocycles. The molecule has 1 heterocycles. The van der Waals surface area contributed by atoms with Gasteiger partial charge in [-0.15, -0.1) is 11.3 Å². The number of unbranched alkanes of at least 4 members (excludes halogenated alkanes) is 1. The second-order valence-corrected chi connectivity index (χ2v) is 7.68. The average Bonchev–Trinajstić information content (AvgIpc) is 3.12. The molecule has 2 rings (SSSR count). The van der Waals surface area contributed by atoms with E-state index in [2.05, 4.69) is 27.3 Å². The van der Waals surface area contributed by atoms with Crippen molar-refractivity contribution in [3.8, 4) is 0 Å². The zero-order valence-corrected chi connectivity index (χ0v) is 16.4. The Morgan fingerprint density at radius 3 is 2.88 bits per heavy atom. The Bertz CT molecular complexity index is 642. The topological polar surface area (TPSA) is 75.0 Å². The third-order valence-corrected chi connectivity index (χ3v) is 5.43. The van der Waals surface area contributed by atoms with Crippen LogP contribution in [0, 0.1) is 5.82 Å². The molecule has 5 N–H and O–H groups in total. The molecule has 138 valence electrons. The summed E-state index contributed by atoms with van der Waals surface area (Å²) in [6.45, 7) is 4.35. The van der Waals surface area contributed by atoms with E-state index in [-0.39, 0.29) is 5.82 Å². The molecule has 0 bridgehead atoms. The van der Waals surface area contributed by atoms with Crippen molar-refractivity contribution in [3.63, 3.8) is 0 Å². The zero-order chi connectivity index (χ0) is 18.1. The Balaban J connectivity index is 1.77. The van der Waals surface area contributed by atoms with E-state index in [1.54, 1.807) is 12.3 Å². The van der Waals surface area contributed by atoms with Crippen LogP contribution >= 0.6 is 34.9 Å². The van der Waals surface area contributed by atoms with Crippen LogP contribution in [0.4, 0.5) is 15.2 Å². The van der Waals surface area contributed by atoms with Gasteiger partial charge in [0.05, 0.1) is 15.6 Å². The molecule has 0 saturated carbocycles. The monoisotopic (exact) mass is 403 g/mol. The van der Waals surface area contributed by atoms with E-state index in [0.717, 1.165) is 43.0 Å². The van der Waals surface area contributed by atoms with Crippen LogP contribution in [-0.2, 0) is 0 Å². The number of halogens is 2. The van der Waals surface area contributed by atoms with Crippen LogP contribution in [-0.4, -0.2) is 30.7 Å². The largest absolute Gasteiger partial charge is 0.384 e. The number of aromatic nitrogens is 1. The predicted octanol–water partition coefficient (Wildman–Crippen LogP) is 4.18. The first-order chi connectivity index (χ1) is 12.1. The molecule has 1 atom stereocenters. The highest BCUT2D eigenvalue weighted by Gasteiger charge is 2.10. The summed E-state index contributed by atoms with van der Waals surface area (Å²) in [6, 6.07) is 3.39. The summed E-state index contributed by atoms with van der Waals surface area (Å²) in [4.78, 5) is 4.52. The Morgan fingerprint density at radius 2 is 2.16 bits per heavy atom. The second kappa shape index (κ2) is 10.8. The molecule has 0 radical (unpaired) electrons. The smallest absolute Gasteiger partial charge is 0.192 e. The molecule has 0 fully saturated rings. The number of nitrogens with two attached hydrogens (primary N) is 1. The molecular formula is C16H23ClFN5S2. The van der Waals surface area contributed by atoms with Crippen LogP contribution in [0.15, 0.2) is 28.6 Å². The van der Waals surface area contributed by atoms with Gasteiger partial charge in [-0.25, -0.2) is 9.37 Å². The van der Waals surface area contributed by atoms with Gasteiger partial charge in [-0.05, 0) is 50.4 Å². The fraction of sp³-hybridized carbons (Fsp3) is 0.438. The molecule has 0 aliphatic carbocycles. The third-order valence-electron chi connectivity index (χ3n) is 3.47. The molecule has 0 unspecified atom stereocenters. The molecule has 0 spiro atoms. The molecule has 2 aromatic rings. The van der Waals surface area contributed by atoms with Gasteiger partial charge in [-0.3, -0.25) is 0 Å². The van der Waals surface area contributed by atoms with Crippen LogP contribution in [0.1, 0.15) is 19.8 Å². The SMILES string of the molecule is C[C@@H](CN)NCCCCNc1cc(F)c(SNc2nccs2)cc1Cl. The zero-order valence-electron chi connectivity index (χ0n) is 14.0. The van der Waals surface area contributed by atoms with Crippen molar-refractivity contribution < 1.29 is 4.39 Å². The molecule has 25 heavy (non-hydrogen) atoms. The van der Waals surface area contributed by atoms with Gasteiger partial charge in [0.15, 0.2) is 5.13 Å². The Morgan fingerprint density at radius 1 is 1.36 bits per heavy atom. The molecule has 9 heteroatoms. The van der Waals surface area contributed by atoms with Gasteiger partial charge in [-0.2, -0.15) is 0 Å². The van der Waals surface area contributed by atoms with Crippen LogP contribution < -0.4 is 21.1 Å². The standard InChI is InChI=1S/C16H23ClFN5S2/c1-11(10-19)20-4-2-3-5-21-14-9-13(18)15(8-12(14)17)25-23-16-22-6-7-24-16/h6-9,11,20-21H,2-5,10,19H2,1H3,(H,22,23)/t11-/m0/s1. The van der Waals surface area contributed by atoms with Crippen molar-refractivity contribution in [1.82, 2.24) is 10.3 Å². The van der Waals surface area contributed by atoms with E-state index in [1.165, 1.54) is 17.4 Å². The van der Waals surface area contributed by atoms with E-state index in [9.17, 15) is 4.39 Å². The van der Waals surface area contributed by atoms with Gasteiger partial charge in [0.2, 0.25) is 0 Å². The van der Waals surface area contributed by atoms with E-state index in [0.29, 0.717) is 28.2 Å². The Kier molecular flexibility index (Phi) is 8.77. The van der Waals surface area contributed by atoms with Gasteiger partial charge in [0.1, 0.15) is 5.82 Å². The normalized spacial score (nSPS) is 12.2. The fourth-order valence-electron chi connectivity index (χ4n) is 2.02. The number of hydrogen-bond acceptors (Lipinski definition) is 7. The van der Waals surface area contributed by atoms with Crippen LogP contribution in [0.25, 0.3) is 0 Å². The lowest BCUT2D eigenvalue weighted by atomic mass is 10.2. The third kappa shape index (κ3) is 6.99. The quantitative estimate of drug-likeness (QED) is 0.333. The minimum Gasteiger partial charge on any atom is -0.384 e. The van der Waals surface area contributed by atoms with Crippen LogP contribution in [0.3, 0.4) is 0 Å². The molecule has 0 saturated heterocycles. The first-order valence-corrected chi connectivity index (χ1v) is 10.2. The minimum absolute atomic E-state index is 0.320. The van der Waals surface area contributed by atoms with Crippen LogP contribution in [0.5, 0.6) is 0 Å². The summed E-state index contributed by atoms with van der Waals surface area (Å²) in [7, 11) is 0. The maximum Gasteiger partial charge on any atom is 0.192 e. The highest BCUT2D eigenvalue weighted by molar-refractivity contribution is 8.00. The first-order valence-electron chi connectivity index (χ1n) is 8.09. The van der Waals surface area contributed by atoms with Gasteiger partial charge in [0.25, 0.3) is 0 Å². The first kappa shape index (κ1) is 20.3. The lowest BCUT2D eigenvalue weighted by molar-refractivity contribution is 0.537. The number of nitrogens with zero attached hydrogens (tertiary/aromatic N) is 1. The summed E-state index contributed by atoms with van der Waals surface area (Å²) < 4.78 is 17.2. The summed E-state index contributed by atoms with van der Waals surface area (Å²) in [5, 5.41) is 9.59. The van der Waals surface area contributed by atoms with Crippen molar-refractivity contribution in [2.24, 2.45) is 5.73 Å². The van der Waals surface area contributed by atoms with E-state index in [1.807, 2.05) is 5.38 Å². The lowest BCUT2D eigenvalue weighted by Crippen LogP contribution is -2.33. The predicted molar refractivity (Wildman–Crippen MR) is 107 cm³/mol. The number of benzene rings is 1. The number of hydrogen-bond donors (Lipinski definition) is 4. The van der Waals surface area contributed by atoms with E-state index >= 15 is 0 Å². The van der Waals surface area contributed by atoms with Crippen LogP contribution in [0.2, 0.25) is 5.02 Å². The fourth-order valence-corrected chi connectivity index (χ4v) is 3.59. The highest BCUT2D eigenvalue weighted by atomic mass is 35.5. The summed E-state index contributed by atoms with van der Waals surface area (Å²) in [5.74, 6) is -0.320. The second-order valence-electron chi connectivity index (χ2n) is 5.53. The van der Waals surface area contributed by atoms with E-state index < -0.39 is 0 Å². The van der Waals surface area contributed by atoms with Crippen molar-refractivity contribution in [1.29, 1.82) is 0 Å². The van der Waals surface area contributed by atoms with Crippen molar-refractivity contribution in [2.75, 3.05) is 29.7 Å². The van der Waals surface area contributed by atoms with Crippen molar-refractivity contribution >= 4 is 45.7 Å². The summed E-state index contributed by atoms with van der Waals surface area (Å²) >= 11 is 8.87. The van der Waals surface area contributed by atoms with E-state index in [4.69, 9.17) is 17.3 Å².